The van der Waals surface area contributed by atoms with Gasteiger partial charge in [-0.15, -0.1) is 16.4 Å². The predicted octanol–water partition coefficient (Wildman–Crippen LogP) is 3.95. The van der Waals surface area contributed by atoms with Crippen LogP contribution in [-0.4, -0.2) is 40.1 Å². The van der Waals surface area contributed by atoms with Crippen molar-refractivity contribution < 1.29 is 23.2 Å². The van der Waals surface area contributed by atoms with Gasteiger partial charge in [-0.2, -0.15) is 0 Å². The first kappa shape index (κ1) is 27.5. The summed E-state index contributed by atoms with van der Waals surface area (Å²) in [5.74, 6) is 0.0189. The molecule has 0 aliphatic carbocycles. The van der Waals surface area contributed by atoms with Gasteiger partial charge in [0.2, 0.25) is 10.0 Å². The van der Waals surface area contributed by atoms with E-state index >= 15 is 0 Å². The van der Waals surface area contributed by atoms with E-state index in [1.54, 1.807) is 17.6 Å². The normalized spacial score (nSPS) is 12.7. The Balaban J connectivity index is 1.43. The second kappa shape index (κ2) is 11.4. The zero-order valence-corrected chi connectivity index (χ0v) is 22.8. The maximum absolute atomic E-state index is 12.8. The first-order valence-corrected chi connectivity index (χ1v) is 14.1. The van der Waals surface area contributed by atoms with Crippen molar-refractivity contribution in [3.63, 3.8) is 0 Å². The second-order valence-corrected chi connectivity index (χ2v) is 12.6. The molecule has 200 valence electrons. The highest BCUT2D eigenvalue weighted by molar-refractivity contribution is 7.91. The first-order valence-electron chi connectivity index (χ1n) is 11.8. The molecule has 0 saturated carbocycles. The molecular weight excluding hydrogens is 526 g/mol. The standard InChI is InChI=1S/C26H29N5O5S2/c1-26(2,3)36-21-11-9-18(10-12-21)15-22(25(32)29-33)31-17-20(28-30-31)16-27-38(34,35)24-14-13-23(37-24)19-7-5-4-6-8-19/h4-14,17,22,27,33H,15-16H2,1-3H3,(H,29,32)/t22-/m0/s1. The lowest BCUT2D eigenvalue weighted by molar-refractivity contribution is -0.133. The van der Waals surface area contributed by atoms with Crippen LogP contribution < -0.4 is 14.9 Å². The van der Waals surface area contributed by atoms with Gasteiger partial charge >= 0.3 is 0 Å². The first-order chi connectivity index (χ1) is 18.0. The van der Waals surface area contributed by atoms with Gasteiger partial charge in [0.25, 0.3) is 5.91 Å². The van der Waals surface area contributed by atoms with Crippen LogP contribution in [0.2, 0.25) is 0 Å². The summed E-state index contributed by atoms with van der Waals surface area (Å²) in [5.41, 5.74) is 3.39. The fourth-order valence-corrected chi connectivity index (χ4v) is 6.02. The van der Waals surface area contributed by atoms with Crippen LogP contribution in [0.25, 0.3) is 10.4 Å². The highest BCUT2D eigenvalue weighted by Gasteiger charge is 2.24. The van der Waals surface area contributed by atoms with E-state index in [1.165, 1.54) is 22.2 Å². The summed E-state index contributed by atoms with van der Waals surface area (Å²) in [6.07, 6.45) is 1.69. The van der Waals surface area contributed by atoms with E-state index in [4.69, 9.17) is 4.74 Å². The molecule has 0 unspecified atom stereocenters. The lowest BCUT2D eigenvalue weighted by Gasteiger charge is -2.21. The van der Waals surface area contributed by atoms with Gasteiger partial charge in [-0.3, -0.25) is 10.0 Å². The van der Waals surface area contributed by atoms with Gasteiger partial charge in [0.05, 0.1) is 18.4 Å². The molecule has 4 aromatic rings. The van der Waals surface area contributed by atoms with E-state index < -0.39 is 22.0 Å². The van der Waals surface area contributed by atoms with Crippen LogP contribution in [0.15, 0.2) is 77.1 Å². The summed E-state index contributed by atoms with van der Waals surface area (Å²) in [4.78, 5) is 13.3. The van der Waals surface area contributed by atoms with Crippen molar-refractivity contribution >= 4 is 27.3 Å². The monoisotopic (exact) mass is 555 g/mol. The van der Waals surface area contributed by atoms with Crippen LogP contribution in [-0.2, 0) is 27.8 Å². The number of nitrogens with zero attached hydrogens (tertiary/aromatic N) is 3. The Hall–Kier alpha value is -3.58. The van der Waals surface area contributed by atoms with E-state index in [0.29, 0.717) is 11.4 Å². The molecule has 0 saturated heterocycles. The van der Waals surface area contributed by atoms with Gasteiger partial charge in [-0.25, -0.2) is 23.3 Å². The largest absolute Gasteiger partial charge is 0.488 e. The Morgan fingerprint density at radius 3 is 2.45 bits per heavy atom. The highest BCUT2D eigenvalue weighted by Crippen LogP contribution is 2.30. The average molecular weight is 556 g/mol. The molecule has 0 aliphatic heterocycles. The fraction of sp³-hybridized carbons (Fsp3) is 0.269. The van der Waals surface area contributed by atoms with Gasteiger partial charge in [0.15, 0.2) is 0 Å². The van der Waals surface area contributed by atoms with Crippen molar-refractivity contribution in [3.8, 4) is 16.2 Å². The molecule has 0 aliphatic rings. The van der Waals surface area contributed by atoms with Crippen molar-refractivity contribution in [2.24, 2.45) is 0 Å². The molecule has 1 amide bonds. The molecule has 2 heterocycles. The number of hydrogen-bond donors (Lipinski definition) is 3. The summed E-state index contributed by atoms with van der Waals surface area (Å²) in [7, 11) is -3.78. The van der Waals surface area contributed by atoms with Gasteiger partial charge in [-0.05, 0) is 56.2 Å². The maximum atomic E-state index is 12.8. The molecule has 10 nitrogen and oxygen atoms in total. The Bertz CT molecular complexity index is 1480. The van der Waals surface area contributed by atoms with E-state index in [0.717, 1.165) is 16.0 Å². The topological polar surface area (TPSA) is 135 Å². The second-order valence-electron chi connectivity index (χ2n) is 9.55. The molecule has 0 bridgehead atoms. The molecule has 0 radical (unpaired) electrons. The molecule has 2 aromatic heterocycles. The SMILES string of the molecule is CC(C)(C)Oc1ccc(C[C@@H](C(=O)NO)n2cc(CNS(=O)(=O)c3ccc(-c4ccccc4)s3)nn2)cc1. The number of carbonyl (C=O) groups excluding carboxylic acids is 1. The third-order valence-electron chi connectivity index (χ3n) is 5.41. The smallest absolute Gasteiger partial charge is 0.268 e. The minimum Gasteiger partial charge on any atom is -0.488 e. The minimum atomic E-state index is -3.78. The molecule has 0 spiro atoms. The number of nitrogens with one attached hydrogen (secondary N) is 2. The summed E-state index contributed by atoms with van der Waals surface area (Å²) >= 11 is 1.17. The van der Waals surface area contributed by atoms with Gasteiger partial charge in [0, 0.05) is 11.3 Å². The zero-order valence-electron chi connectivity index (χ0n) is 21.2. The van der Waals surface area contributed by atoms with Crippen molar-refractivity contribution in [3.05, 3.63) is 84.2 Å². The molecule has 2 aromatic carbocycles. The molecular formula is C26H29N5O5S2. The Kier molecular flexibility index (Phi) is 8.26. The van der Waals surface area contributed by atoms with Gasteiger partial charge in [-0.1, -0.05) is 47.7 Å². The fourth-order valence-electron chi connectivity index (χ4n) is 3.66. The van der Waals surface area contributed by atoms with Crippen molar-refractivity contribution in [1.82, 2.24) is 25.2 Å². The van der Waals surface area contributed by atoms with Crippen LogP contribution in [0.1, 0.15) is 38.1 Å². The minimum absolute atomic E-state index is 0.118. The van der Waals surface area contributed by atoms with Crippen molar-refractivity contribution in [1.29, 1.82) is 0 Å². The summed E-state index contributed by atoms with van der Waals surface area (Å²) in [6, 6.07) is 19.2. The molecule has 4 rings (SSSR count). The number of amides is 1. The Labute approximate surface area is 225 Å². The van der Waals surface area contributed by atoms with Crippen LogP contribution in [0, 0.1) is 0 Å². The average Bonchev–Trinajstić information content (AvgIpc) is 3.57. The molecule has 3 N–H and O–H groups in total. The number of thiophene rings is 1. The van der Waals surface area contributed by atoms with Crippen LogP contribution in [0.4, 0.5) is 0 Å². The predicted molar refractivity (Wildman–Crippen MR) is 143 cm³/mol. The highest BCUT2D eigenvalue weighted by atomic mass is 32.2. The molecule has 12 heteroatoms. The van der Waals surface area contributed by atoms with Crippen LogP contribution in [0.5, 0.6) is 5.75 Å². The molecule has 0 fully saturated rings. The molecule has 1 atom stereocenters. The third-order valence-corrected chi connectivity index (χ3v) is 8.44. The summed E-state index contributed by atoms with van der Waals surface area (Å²) in [6.45, 7) is 5.74. The summed E-state index contributed by atoms with van der Waals surface area (Å²) < 4.78 is 35.5. The Morgan fingerprint density at radius 1 is 1.08 bits per heavy atom. The number of aromatic nitrogens is 3. The van der Waals surface area contributed by atoms with Gasteiger partial charge < -0.3 is 4.74 Å². The van der Waals surface area contributed by atoms with Crippen molar-refractivity contribution in [2.75, 3.05) is 0 Å². The number of hydrogen-bond acceptors (Lipinski definition) is 8. The van der Waals surface area contributed by atoms with E-state index in [9.17, 15) is 18.4 Å². The van der Waals surface area contributed by atoms with Gasteiger partial charge in [0.1, 0.15) is 21.6 Å². The lowest BCUT2D eigenvalue weighted by Crippen LogP contribution is -2.32. The number of benzene rings is 2. The number of carbonyl (C=O) groups is 1. The maximum Gasteiger partial charge on any atom is 0.268 e. The Morgan fingerprint density at radius 2 is 1.79 bits per heavy atom. The number of rotatable bonds is 10. The third kappa shape index (κ3) is 7.04. The van der Waals surface area contributed by atoms with Crippen molar-refractivity contribution in [2.45, 2.75) is 49.6 Å². The van der Waals surface area contributed by atoms with Crippen LogP contribution >= 0.6 is 11.3 Å². The lowest BCUT2D eigenvalue weighted by atomic mass is 10.1. The van der Waals surface area contributed by atoms with E-state index in [-0.39, 0.29) is 22.8 Å². The quantitative estimate of drug-likeness (QED) is 0.199. The van der Waals surface area contributed by atoms with E-state index in [2.05, 4.69) is 15.0 Å². The zero-order chi connectivity index (χ0) is 27.3. The number of hydroxylamine groups is 1. The number of ether oxygens (including phenoxy) is 1. The van der Waals surface area contributed by atoms with Crippen LogP contribution in [0.3, 0.4) is 0 Å². The molecule has 38 heavy (non-hydrogen) atoms. The van der Waals surface area contributed by atoms with E-state index in [1.807, 2.05) is 75.4 Å². The summed E-state index contributed by atoms with van der Waals surface area (Å²) in [5, 5.41) is 17.3. The number of sulfonamides is 1.